The van der Waals surface area contributed by atoms with Crippen LogP contribution >= 0.6 is 68.4 Å². The molecular weight excluding hydrogens is 615 g/mol. The van der Waals surface area contributed by atoms with E-state index in [1.54, 1.807) is 0 Å². The van der Waals surface area contributed by atoms with Crippen LogP contribution in [0.5, 0.6) is 0 Å². The van der Waals surface area contributed by atoms with Crippen LogP contribution in [0.1, 0.15) is 36.8 Å². The van der Waals surface area contributed by atoms with Gasteiger partial charge in [0, 0.05) is 39.7 Å². The summed E-state index contributed by atoms with van der Waals surface area (Å²) in [6, 6.07) is 18.5. The Bertz CT molecular complexity index is 773. The highest BCUT2D eigenvalue weighted by molar-refractivity contribution is 14.1. The topological polar surface area (TPSA) is 0 Å². The van der Waals surface area contributed by atoms with Crippen LogP contribution in [0.25, 0.3) is 0 Å². The molecule has 2 aromatic carbocycles. The zero-order valence-electron chi connectivity index (χ0n) is 16.2. The second kappa shape index (κ2) is 8.18. The van der Waals surface area contributed by atoms with Crippen LogP contribution in [0, 0.1) is 5.92 Å². The highest BCUT2D eigenvalue weighted by Gasteiger charge is 2.53. The molecule has 0 aliphatic carbocycles. The largest absolute Gasteiger partial charge is 0.324 e. The van der Waals surface area contributed by atoms with Gasteiger partial charge in [0.1, 0.15) is 0 Å². The van der Waals surface area contributed by atoms with Gasteiger partial charge in [0.25, 0.3) is 0 Å². The average molecular weight is 641 g/mol. The third-order valence-electron chi connectivity index (χ3n) is 7.19. The van der Waals surface area contributed by atoms with E-state index in [1.165, 1.54) is 41.3 Å². The van der Waals surface area contributed by atoms with Gasteiger partial charge in [-0.3, -0.25) is 0 Å². The molecule has 0 spiro atoms. The first-order valence-electron chi connectivity index (χ1n) is 9.91. The smallest absolute Gasteiger partial charge is 0.0893 e. The number of quaternary nitrogens is 1. The molecule has 2 saturated heterocycles. The number of rotatable bonds is 4. The first-order chi connectivity index (χ1) is 13.2. The molecule has 150 valence electrons. The Kier molecular flexibility index (Phi) is 6.33. The quantitative estimate of drug-likeness (QED) is 0.185. The van der Waals surface area contributed by atoms with E-state index >= 15 is 0 Å². The van der Waals surface area contributed by atoms with Crippen molar-refractivity contribution in [2.45, 2.75) is 45.1 Å². The predicted octanol–water partition coefficient (Wildman–Crippen LogP) is 7.49. The maximum absolute atomic E-state index is 6.21. The lowest BCUT2D eigenvalue weighted by molar-refractivity contribution is -0.931. The van der Waals surface area contributed by atoms with Gasteiger partial charge in [-0.2, -0.15) is 0 Å². The average Bonchev–Trinajstić information content (AvgIpc) is 2.85. The molecule has 2 aliphatic heterocycles. The molecule has 2 heterocycles. The van der Waals surface area contributed by atoms with Gasteiger partial charge >= 0.3 is 0 Å². The van der Waals surface area contributed by atoms with Crippen LogP contribution in [0.4, 0.5) is 0 Å². The van der Waals surface area contributed by atoms with Crippen LogP contribution in [0.3, 0.4) is 0 Å². The maximum atomic E-state index is 6.21. The molecule has 3 atom stereocenters. The molecule has 3 unspecified atom stereocenters. The molecule has 28 heavy (non-hydrogen) atoms. The van der Waals surface area contributed by atoms with Crippen molar-refractivity contribution in [3.8, 4) is 0 Å². The van der Waals surface area contributed by atoms with Crippen molar-refractivity contribution in [3.05, 3.63) is 69.7 Å². The van der Waals surface area contributed by atoms with Crippen LogP contribution in [-0.4, -0.2) is 34.6 Å². The van der Waals surface area contributed by atoms with E-state index in [0.717, 1.165) is 22.1 Å². The van der Waals surface area contributed by atoms with Gasteiger partial charge in [0.2, 0.25) is 0 Å². The Labute approximate surface area is 206 Å². The molecule has 0 aromatic heterocycles. The fourth-order valence-corrected chi connectivity index (χ4v) is 8.14. The number of alkyl halides is 2. The number of hydrogen-bond acceptors (Lipinski definition) is 0. The van der Waals surface area contributed by atoms with E-state index in [1.807, 2.05) is 24.3 Å². The second-order valence-corrected chi connectivity index (χ2v) is 12.8. The third kappa shape index (κ3) is 3.76. The molecule has 0 N–H and O–H groups in total. The van der Waals surface area contributed by atoms with Crippen molar-refractivity contribution in [1.29, 1.82) is 0 Å². The molecular formula is C23H26Cl2I2N+. The zero-order valence-corrected chi connectivity index (χ0v) is 22.0. The highest BCUT2D eigenvalue weighted by Crippen LogP contribution is 2.53. The standard InChI is InChI=1S/C23H26Cl2I2N/c1-28(2)20-11-12-21(28)14-15(13-20)22(26)23(27,16-3-7-18(24)8-4-16)17-5-9-19(25)10-6-17/h3-10,15,20-22H,11-14H2,1-2H3/q+1. The summed E-state index contributed by atoms with van der Waals surface area (Å²) < 4.78 is 1.61. The SMILES string of the molecule is C[N+]1(C)C2CCC1CC(C(I)C(I)(c1ccc(Cl)cc1)c1ccc(Cl)cc1)C2. The Morgan fingerprint density at radius 2 is 1.25 bits per heavy atom. The fourth-order valence-electron chi connectivity index (χ4n) is 5.36. The van der Waals surface area contributed by atoms with Crippen LogP contribution in [0.15, 0.2) is 48.5 Å². The summed E-state index contributed by atoms with van der Waals surface area (Å²) in [5.41, 5.74) is 2.65. The summed E-state index contributed by atoms with van der Waals surface area (Å²) in [5.74, 6) is 0.715. The summed E-state index contributed by atoms with van der Waals surface area (Å²) in [7, 11) is 4.88. The molecule has 0 radical (unpaired) electrons. The third-order valence-corrected chi connectivity index (χ3v) is 12.8. The van der Waals surface area contributed by atoms with Gasteiger partial charge in [0.05, 0.1) is 29.6 Å². The fraction of sp³-hybridized carbons (Fsp3) is 0.478. The number of halogens is 4. The Hall–Kier alpha value is 0.440. The summed E-state index contributed by atoms with van der Waals surface area (Å²) in [6.07, 6.45) is 5.41. The number of hydrogen-bond donors (Lipinski definition) is 0. The molecule has 4 rings (SSSR count). The van der Waals surface area contributed by atoms with Gasteiger partial charge in [0.15, 0.2) is 0 Å². The molecule has 2 aliphatic rings. The van der Waals surface area contributed by atoms with Gasteiger partial charge in [-0.1, -0.05) is 92.6 Å². The van der Waals surface area contributed by atoms with Gasteiger partial charge in [-0.05, 0) is 41.3 Å². The highest BCUT2D eigenvalue weighted by atomic mass is 127. The zero-order chi connectivity index (χ0) is 20.1. The molecule has 0 saturated carbocycles. The Morgan fingerprint density at radius 1 is 0.857 bits per heavy atom. The number of benzene rings is 2. The van der Waals surface area contributed by atoms with Crippen molar-refractivity contribution < 1.29 is 4.48 Å². The molecule has 0 amide bonds. The minimum Gasteiger partial charge on any atom is -0.324 e. The summed E-state index contributed by atoms with van der Waals surface area (Å²) in [5, 5.41) is 1.58. The van der Waals surface area contributed by atoms with Gasteiger partial charge in [-0.25, -0.2) is 0 Å². The normalized spacial score (nSPS) is 27.6. The van der Waals surface area contributed by atoms with E-state index in [0.29, 0.717) is 9.84 Å². The first-order valence-corrected chi connectivity index (χ1v) is 13.0. The molecule has 1 nitrogen and oxygen atoms in total. The van der Waals surface area contributed by atoms with E-state index < -0.39 is 0 Å². The minimum atomic E-state index is -0.105. The second-order valence-electron chi connectivity index (χ2n) is 8.87. The molecule has 2 aromatic rings. The van der Waals surface area contributed by atoms with Crippen LogP contribution < -0.4 is 0 Å². The maximum Gasteiger partial charge on any atom is 0.0893 e. The number of fused-ring (bicyclic) bond motifs is 2. The van der Waals surface area contributed by atoms with Crippen molar-refractivity contribution in [2.75, 3.05) is 14.1 Å². The lowest BCUT2D eigenvalue weighted by atomic mass is 9.77. The van der Waals surface area contributed by atoms with Crippen molar-refractivity contribution >= 4 is 68.4 Å². The minimum absolute atomic E-state index is 0.105. The number of nitrogens with zero attached hydrogens (tertiary/aromatic N) is 1. The van der Waals surface area contributed by atoms with Crippen LogP contribution in [-0.2, 0) is 3.42 Å². The van der Waals surface area contributed by atoms with Crippen LogP contribution in [0.2, 0.25) is 10.0 Å². The lowest BCUT2D eigenvalue weighted by Gasteiger charge is -2.48. The number of piperidine rings is 1. The van der Waals surface area contributed by atoms with Gasteiger partial charge < -0.3 is 4.48 Å². The van der Waals surface area contributed by atoms with E-state index in [4.69, 9.17) is 23.2 Å². The summed E-state index contributed by atoms with van der Waals surface area (Å²) in [4.78, 5) is 0. The predicted molar refractivity (Wildman–Crippen MR) is 137 cm³/mol. The van der Waals surface area contributed by atoms with E-state index in [2.05, 4.69) is 83.5 Å². The van der Waals surface area contributed by atoms with Crippen molar-refractivity contribution in [2.24, 2.45) is 5.92 Å². The molecule has 5 heteroatoms. The van der Waals surface area contributed by atoms with E-state index in [9.17, 15) is 0 Å². The Balaban J connectivity index is 1.73. The van der Waals surface area contributed by atoms with Crippen molar-refractivity contribution in [1.82, 2.24) is 0 Å². The van der Waals surface area contributed by atoms with Crippen molar-refractivity contribution in [3.63, 3.8) is 0 Å². The molecule has 2 fully saturated rings. The van der Waals surface area contributed by atoms with Gasteiger partial charge in [-0.15, -0.1) is 0 Å². The summed E-state index contributed by atoms with van der Waals surface area (Å²) >= 11 is 17.9. The Morgan fingerprint density at radius 3 is 1.64 bits per heavy atom. The lowest BCUT2D eigenvalue weighted by Crippen LogP contribution is -2.56. The first kappa shape index (κ1) is 21.7. The van der Waals surface area contributed by atoms with E-state index in [-0.39, 0.29) is 3.42 Å². The molecule has 2 bridgehead atoms. The monoisotopic (exact) mass is 640 g/mol. The summed E-state index contributed by atoms with van der Waals surface area (Å²) in [6.45, 7) is 0.